The standard InChI is InChI=1S/C12H21N3O5/c1-12(2,3)20-11(18)15-7(9(13)16)6-8-10(17)14-4-5-19-8/h7-8H,4-6H2,1-3H3,(H2,13,16)(H,14,17)(H,15,18)/t7-,8-/m0/s1. The van der Waals surface area contributed by atoms with Crippen LogP contribution in [0.2, 0.25) is 0 Å². The molecule has 0 aromatic heterocycles. The van der Waals surface area contributed by atoms with Gasteiger partial charge in [-0.2, -0.15) is 0 Å². The summed E-state index contributed by atoms with van der Waals surface area (Å²) in [6.45, 7) is 5.88. The molecule has 0 radical (unpaired) electrons. The molecular formula is C12H21N3O5. The van der Waals surface area contributed by atoms with E-state index in [4.69, 9.17) is 15.2 Å². The van der Waals surface area contributed by atoms with Gasteiger partial charge in [-0.1, -0.05) is 0 Å². The molecule has 0 aliphatic carbocycles. The minimum Gasteiger partial charge on any atom is -0.444 e. The number of primary amides is 1. The number of carbonyl (C=O) groups is 3. The highest BCUT2D eigenvalue weighted by Gasteiger charge is 2.30. The zero-order valence-corrected chi connectivity index (χ0v) is 11.9. The van der Waals surface area contributed by atoms with Crippen LogP contribution in [0.3, 0.4) is 0 Å². The molecule has 20 heavy (non-hydrogen) atoms. The van der Waals surface area contributed by atoms with Crippen molar-refractivity contribution >= 4 is 17.9 Å². The number of carbonyl (C=O) groups excluding carboxylic acids is 3. The van der Waals surface area contributed by atoms with Gasteiger partial charge in [0.05, 0.1) is 6.61 Å². The summed E-state index contributed by atoms with van der Waals surface area (Å²) >= 11 is 0. The molecule has 114 valence electrons. The van der Waals surface area contributed by atoms with E-state index in [0.717, 1.165) is 0 Å². The van der Waals surface area contributed by atoms with Gasteiger partial charge in [-0.15, -0.1) is 0 Å². The highest BCUT2D eigenvalue weighted by molar-refractivity contribution is 5.86. The Morgan fingerprint density at radius 3 is 2.70 bits per heavy atom. The molecule has 0 bridgehead atoms. The van der Waals surface area contributed by atoms with E-state index in [1.807, 2.05) is 0 Å². The minimum absolute atomic E-state index is 0.0274. The van der Waals surface area contributed by atoms with Crippen molar-refractivity contribution in [2.75, 3.05) is 13.2 Å². The SMILES string of the molecule is CC(C)(C)OC(=O)N[C@@H](C[C@@H]1OCCNC1=O)C(N)=O. The molecule has 0 saturated carbocycles. The van der Waals surface area contributed by atoms with Gasteiger partial charge in [0, 0.05) is 13.0 Å². The van der Waals surface area contributed by atoms with Gasteiger partial charge in [0.1, 0.15) is 17.7 Å². The quantitative estimate of drug-likeness (QED) is 0.629. The molecular weight excluding hydrogens is 266 g/mol. The van der Waals surface area contributed by atoms with Crippen LogP contribution in [0, 0.1) is 0 Å². The van der Waals surface area contributed by atoms with E-state index in [9.17, 15) is 14.4 Å². The predicted molar refractivity (Wildman–Crippen MR) is 69.7 cm³/mol. The highest BCUT2D eigenvalue weighted by atomic mass is 16.6. The fourth-order valence-electron chi connectivity index (χ4n) is 1.65. The molecule has 0 aromatic rings. The van der Waals surface area contributed by atoms with Gasteiger partial charge < -0.3 is 25.8 Å². The number of nitrogens with two attached hydrogens (primary N) is 1. The molecule has 1 rings (SSSR count). The Balaban J connectivity index is 2.58. The first kappa shape index (κ1) is 16.2. The topological polar surface area (TPSA) is 120 Å². The van der Waals surface area contributed by atoms with Crippen molar-refractivity contribution in [3.05, 3.63) is 0 Å². The maximum absolute atomic E-state index is 11.6. The molecule has 0 aromatic carbocycles. The average Bonchev–Trinajstić information content (AvgIpc) is 2.28. The summed E-state index contributed by atoms with van der Waals surface area (Å²) in [7, 11) is 0. The zero-order valence-electron chi connectivity index (χ0n) is 11.9. The summed E-state index contributed by atoms with van der Waals surface area (Å²) < 4.78 is 10.3. The van der Waals surface area contributed by atoms with Gasteiger partial charge >= 0.3 is 6.09 Å². The Hall–Kier alpha value is -1.83. The van der Waals surface area contributed by atoms with Gasteiger partial charge in [0.2, 0.25) is 11.8 Å². The van der Waals surface area contributed by atoms with Crippen molar-refractivity contribution in [1.29, 1.82) is 0 Å². The van der Waals surface area contributed by atoms with Crippen molar-refractivity contribution in [3.63, 3.8) is 0 Å². The van der Waals surface area contributed by atoms with Gasteiger partial charge in [-0.25, -0.2) is 4.79 Å². The smallest absolute Gasteiger partial charge is 0.408 e. The van der Waals surface area contributed by atoms with Gasteiger partial charge in [-0.05, 0) is 20.8 Å². The van der Waals surface area contributed by atoms with Crippen LogP contribution in [0.4, 0.5) is 4.79 Å². The maximum atomic E-state index is 11.6. The fourth-order valence-corrected chi connectivity index (χ4v) is 1.65. The third-order valence-electron chi connectivity index (χ3n) is 2.50. The number of hydrogen-bond acceptors (Lipinski definition) is 5. The first-order valence-corrected chi connectivity index (χ1v) is 6.37. The van der Waals surface area contributed by atoms with Crippen LogP contribution in [-0.4, -0.2) is 48.8 Å². The number of ether oxygens (including phenoxy) is 2. The Kier molecular flexibility index (Phi) is 5.32. The Morgan fingerprint density at radius 2 is 2.20 bits per heavy atom. The van der Waals surface area contributed by atoms with Crippen LogP contribution in [-0.2, 0) is 19.1 Å². The molecule has 8 nitrogen and oxygen atoms in total. The molecule has 8 heteroatoms. The lowest BCUT2D eigenvalue weighted by Crippen LogP contribution is -2.52. The number of alkyl carbamates (subject to hydrolysis) is 1. The second-order valence-electron chi connectivity index (χ2n) is 5.49. The second kappa shape index (κ2) is 6.56. The summed E-state index contributed by atoms with van der Waals surface area (Å²) in [5, 5.41) is 4.95. The minimum atomic E-state index is -1.03. The summed E-state index contributed by atoms with van der Waals surface area (Å²) in [6, 6.07) is -1.03. The lowest BCUT2D eigenvalue weighted by molar-refractivity contribution is -0.139. The van der Waals surface area contributed by atoms with E-state index in [-0.39, 0.29) is 12.3 Å². The van der Waals surface area contributed by atoms with Crippen molar-refractivity contribution < 1.29 is 23.9 Å². The van der Waals surface area contributed by atoms with E-state index in [1.54, 1.807) is 20.8 Å². The Morgan fingerprint density at radius 1 is 1.55 bits per heavy atom. The molecule has 3 amide bonds. The monoisotopic (exact) mass is 287 g/mol. The third kappa shape index (κ3) is 5.43. The zero-order chi connectivity index (χ0) is 15.3. The van der Waals surface area contributed by atoms with Gasteiger partial charge in [0.25, 0.3) is 0 Å². The van der Waals surface area contributed by atoms with E-state index < -0.39 is 29.7 Å². The number of nitrogens with one attached hydrogen (secondary N) is 2. The summed E-state index contributed by atoms with van der Waals surface area (Å²) in [5.74, 6) is -1.08. The number of rotatable bonds is 4. The normalized spacial score (nSPS) is 20.8. The van der Waals surface area contributed by atoms with E-state index in [2.05, 4.69) is 10.6 Å². The van der Waals surface area contributed by atoms with E-state index in [0.29, 0.717) is 13.2 Å². The highest BCUT2D eigenvalue weighted by Crippen LogP contribution is 2.10. The van der Waals surface area contributed by atoms with Crippen LogP contribution in [0.5, 0.6) is 0 Å². The lowest BCUT2D eigenvalue weighted by Gasteiger charge is -2.26. The summed E-state index contributed by atoms with van der Waals surface area (Å²) in [4.78, 5) is 34.5. The van der Waals surface area contributed by atoms with E-state index in [1.165, 1.54) is 0 Å². The number of morpholine rings is 1. The van der Waals surface area contributed by atoms with E-state index >= 15 is 0 Å². The maximum Gasteiger partial charge on any atom is 0.408 e. The van der Waals surface area contributed by atoms with Crippen molar-refractivity contribution in [2.45, 2.75) is 44.9 Å². The summed E-state index contributed by atoms with van der Waals surface area (Å²) in [5.41, 5.74) is 4.53. The number of amides is 3. The second-order valence-corrected chi connectivity index (χ2v) is 5.49. The molecule has 1 aliphatic rings. The third-order valence-corrected chi connectivity index (χ3v) is 2.50. The van der Waals surface area contributed by atoms with Crippen LogP contribution in [0.25, 0.3) is 0 Å². The molecule has 0 spiro atoms. The molecule has 2 atom stereocenters. The first-order valence-electron chi connectivity index (χ1n) is 6.37. The van der Waals surface area contributed by atoms with Crippen molar-refractivity contribution in [2.24, 2.45) is 5.73 Å². The molecule has 1 aliphatic heterocycles. The predicted octanol–water partition coefficient (Wildman–Crippen LogP) is -0.730. The largest absolute Gasteiger partial charge is 0.444 e. The van der Waals surface area contributed by atoms with Gasteiger partial charge in [0.15, 0.2) is 0 Å². The lowest BCUT2D eigenvalue weighted by atomic mass is 10.1. The molecule has 1 heterocycles. The van der Waals surface area contributed by atoms with Crippen LogP contribution in [0.15, 0.2) is 0 Å². The molecule has 1 fully saturated rings. The fraction of sp³-hybridized carbons (Fsp3) is 0.750. The van der Waals surface area contributed by atoms with Crippen LogP contribution < -0.4 is 16.4 Å². The molecule has 0 unspecified atom stereocenters. The summed E-state index contributed by atoms with van der Waals surface area (Å²) in [6.07, 6.45) is -1.60. The number of hydrogen-bond donors (Lipinski definition) is 3. The van der Waals surface area contributed by atoms with Crippen LogP contribution >= 0.6 is 0 Å². The van der Waals surface area contributed by atoms with Crippen molar-refractivity contribution in [1.82, 2.24) is 10.6 Å². The van der Waals surface area contributed by atoms with Crippen molar-refractivity contribution in [3.8, 4) is 0 Å². The molecule has 1 saturated heterocycles. The average molecular weight is 287 g/mol. The van der Waals surface area contributed by atoms with Crippen LogP contribution in [0.1, 0.15) is 27.2 Å². The Labute approximate surface area is 117 Å². The molecule has 4 N–H and O–H groups in total. The first-order chi connectivity index (χ1) is 9.19. The van der Waals surface area contributed by atoms with Gasteiger partial charge in [-0.3, -0.25) is 9.59 Å². The Bertz CT molecular complexity index is 391.